The van der Waals surface area contributed by atoms with Crippen LogP contribution in [0, 0.1) is 5.82 Å². The molecule has 90 valence electrons. The van der Waals surface area contributed by atoms with Crippen molar-refractivity contribution < 1.29 is 4.39 Å². The number of benzene rings is 1. The molecule has 0 saturated carbocycles. The van der Waals surface area contributed by atoms with Crippen LogP contribution in [-0.2, 0) is 0 Å². The van der Waals surface area contributed by atoms with Crippen molar-refractivity contribution in [2.45, 2.75) is 0 Å². The zero-order valence-electron chi connectivity index (χ0n) is 8.89. The number of aromatic amines is 1. The third kappa shape index (κ3) is 1.50. The molecule has 0 fully saturated rings. The summed E-state index contributed by atoms with van der Waals surface area (Å²) in [7, 11) is 0. The quantitative estimate of drug-likeness (QED) is 0.683. The number of rotatable bonds is 1. The molecule has 3 aromatic rings. The molecule has 0 bridgehead atoms. The zero-order chi connectivity index (χ0) is 12.7. The second-order valence-electron chi connectivity index (χ2n) is 3.58. The second-order valence-corrected chi connectivity index (χ2v) is 3.94. The standard InChI is InChI=1S/C11H6ClFN4O/c12-9-8-10(15-5-14-9)16-11(18)17(8)7-4-2-1-3-6(7)13/h1-5H,(H,14,15,16,18). The van der Waals surface area contributed by atoms with E-state index >= 15 is 0 Å². The van der Waals surface area contributed by atoms with Crippen LogP contribution >= 0.6 is 11.6 Å². The number of nitrogens with zero attached hydrogens (tertiary/aromatic N) is 3. The molecule has 0 saturated heterocycles. The van der Waals surface area contributed by atoms with Crippen LogP contribution in [0.25, 0.3) is 16.9 Å². The maximum Gasteiger partial charge on any atom is 0.332 e. The predicted octanol–water partition coefficient (Wildman–Crippen LogP) is 1.90. The summed E-state index contributed by atoms with van der Waals surface area (Å²) in [6, 6.07) is 5.91. The Labute approximate surface area is 105 Å². The van der Waals surface area contributed by atoms with Crippen LogP contribution in [0.1, 0.15) is 0 Å². The number of nitrogens with one attached hydrogen (secondary N) is 1. The summed E-state index contributed by atoms with van der Waals surface area (Å²) >= 11 is 5.92. The molecule has 7 heteroatoms. The third-order valence-electron chi connectivity index (χ3n) is 2.52. The lowest BCUT2D eigenvalue weighted by atomic mass is 10.3. The van der Waals surface area contributed by atoms with Gasteiger partial charge in [0.25, 0.3) is 0 Å². The summed E-state index contributed by atoms with van der Waals surface area (Å²) in [4.78, 5) is 22.0. The van der Waals surface area contributed by atoms with Gasteiger partial charge in [-0.2, -0.15) is 0 Å². The minimum Gasteiger partial charge on any atom is -0.290 e. The van der Waals surface area contributed by atoms with Crippen LogP contribution in [0.15, 0.2) is 35.4 Å². The fourth-order valence-corrected chi connectivity index (χ4v) is 1.99. The van der Waals surface area contributed by atoms with Gasteiger partial charge in [-0.3, -0.25) is 9.55 Å². The molecule has 0 amide bonds. The first-order valence-electron chi connectivity index (χ1n) is 5.04. The van der Waals surface area contributed by atoms with E-state index < -0.39 is 11.5 Å². The fourth-order valence-electron chi connectivity index (χ4n) is 1.77. The van der Waals surface area contributed by atoms with Gasteiger partial charge in [0.2, 0.25) is 0 Å². The molecule has 1 N–H and O–H groups in total. The first kappa shape index (κ1) is 10.9. The minimum absolute atomic E-state index is 0.0848. The van der Waals surface area contributed by atoms with Crippen LogP contribution < -0.4 is 5.69 Å². The van der Waals surface area contributed by atoms with Crippen LogP contribution in [0.2, 0.25) is 5.15 Å². The van der Waals surface area contributed by atoms with E-state index in [4.69, 9.17) is 11.6 Å². The average Bonchev–Trinajstić information content (AvgIpc) is 2.68. The number of aromatic nitrogens is 4. The first-order chi connectivity index (χ1) is 8.68. The van der Waals surface area contributed by atoms with Gasteiger partial charge < -0.3 is 0 Å². The van der Waals surface area contributed by atoms with E-state index in [1.165, 1.54) is 24.5 Å². The van der Waals surface area contributed by atoms with Gasteiger partial charge in [-0.05, 0) is 12.1 Å². The summed E-state index contributed by atoms with van der Waals surface area (Å²) in [5, 5.41) is 0.0848. The number of H-pyrrole nitrogens is 1. The van der Waals surface area contributed by atoms with Crippen LogP contribution in [-0.4, -0.2) is 19.5 Å². The highest BCUT2D eigenvalue weighted by molar-refractivity contribution is 6.33. The molecule has 18 heavy (non-hydrogen) atoms. The average molecular weight is 265 g/mol. The second kappa shape index (κ2) is 3.92. The molecule has 1 aromatic carbocycles. The molecule has 0 aliphatic carbocycles. The van der Waals surface area contributed by atoms with Crippen molar-refractivity contribution in [1.82, 2.24) is 19.5 Å². The van der Waals surface area contributed by atoms with E-state index in [0.29, 0.717) is 0 Å². The molecular formula is C11H6ClFN4O. The molecular weight excluding hydrogens is 259 g/mol. The molecule has 0 aliphatic rings. The van der Waals surface area contributed by atoms with Crippen molar-refractivity contribution in [3.63, 3.8) is 0 Å². The Hall–Kier alpha value is -2.21. The number of hydrogen-bond donors (Lipinski definition) is 1. The van der Waals surface area contributed by atoms with Gasteiger partial charge in [-0.15, -0.1) is 0 Å². The number of halogens is 2. The lowest BCUT2D eigenvalue weighted by molar-refractivity contribution is 0.618. The summed E-state index contributed by atoms with van der Waals surface area (Å²) in [5.41, 5.74) is 0.112. The molecule has 0 aliphatic heterocycles. The maximum atomic E-state index is 13.7. The largest absolute Gasteiger partial charge is 0.332 e. The van der Waals surface area contributed by atoms with Crippen LogP contribution in [0.4, 0.5) is 4.39 Å². The molecule has 2 aromatic heterocycles. The summed E-state index contributed by atoms with van der Waals surface area (Å²) in [6.45, 7) is 0. The molecule has 3 rings (SSSR count). The third-order valence-corrected chi connectivity index (χ3v) is 2.80. The zero-order valence-corrected chi connectivity index (χ0v) is 9.65. The Balaban J connectivity index is 2.47. The summed E-state index contributed by atoms with van der Waals surface area (Å²) in [5.74, 6) is -0.527. The van der Waals surface area contributed by atoms with E-state index in [-0.39, 0.29) is 22.0 Å². The van der Waals surface area contributed by atoms with Crippen molar-refractivity contribution in [1.29, 1.82) is 0 Å². The van der Waals surface area contributed by atoms with E-state index in [2.05, 4.69) is 15.0 Å². The predicted molar refractivity (Wildman–Crippen MR) is 64.5 cm³/mol. The summed E-state index contributed by atoms with van der Waals surface area (Å²) < 4.78 is 14.9. The normalized spacial score (nSPS) is 11.0. The first-order valence-corrected chi connectivity index (χ1v) is 5.42. The highest BCUT2D eigenvalue weighted by atomic mass is 35.5. The van der Waals surface area contributed by atoms with Crippen molar-refractivity contribution in [2.75, 3.05) is 0 Å². The Morgan fingerprint density at radius 2 is 2.06 bits per heavy atom. The van der Waals surface area contributed by atoms with Crippen molar-refractivity contribution in [3.8, 4) is 5.69 Å². The smallest absolute Gasteiger partial charge is 0.290 e. The van der Waals surface area contributed by atoms with E-state index in [0.717, 1.165) is 4.57 Å². The molecule has 0 radical (unpaired) electrons. The molecule has 0 spiro atoms. The van der Waals surface area contributed by atoms with E-state index in [1.807, 2.05) is 0 Å². The number of hydrogen-bond acceptors (Lipinski definition) is 3. The number of para-hydroxylation sites is 1. The molecule has 5 nitrogen and oxygen atoms in total. The van der Waals surface area contributed by atoms with Gasteiger partial charge in [-0.25, -0.2) is 19.2 Å². The summed E-state index contributed by atoms with van der Waals surface area (Å²) in [6.07, 6.45) is 1.23. The lowest BCUT2D eigenvalue weighted by Gasteiger charge is -2.04. The van der Waals surface area contributed by atoms with Gasteiger partial charge >= 0.3 is 5.69 Å². The molecule has 0 atom stereocenters. The maximum absolute atomic E-state index is 13.7. The SMILES string of the molecule is O=c1[nH]c2ncnc(Cl)c2n1-c1ccccc1F. The van der Waals surface area contributed by atoms with Crippen molar-refractivity contribution >= 4 is 22.8 Å². The highest BCUT2D eigenvalue weighted by Gasteiger charge is 2.15. The Morgan fingerprint density at radius 3 is 2.83 bits per heavy atom. The lowest BCUT2D eigenvalue weighted by Crippen LogP contribution is -2.15. The van der Waals surface area contributed by atoms with Crippen molar-refractivity contribution in [2.24, 2.45) is 0 Å². The van der Waals surface area contributed by atoms with Gasteiger partial charge in [0, 0.05) is 0 Å². The Morgan fingerprint density at radius 1 is 1.28 bits per heavy atom. The topological polar surface area (TPSA) is 63.6 Å². The Bertz CT molecular complexity index is 795. The number of fused-ring (bicyclic) bond motifs is 1. The minimum atomic E-state index is -0.527. The fraction of sp³-hybridized carbons (Fsp3) is 0. The monoisotopic (exact) mass is 264 g/mol. The van der Waals surface area contributed by atoms with E-state index in [1.54, 1.807) is 6.07 Å². The highest BCUT2D eigenvalue weighted by Crippen LogP contribution is 2.21. The Kier molecular flexibility index (Phi) is 2.38. The van der Waals surface area contributed by atoms with E-state index in [9.17, 15) is 9.18 Å². The number of imidazole rings is 1. The molecule has 2 heterocycles. The van der Waals surface area contributed by atoms with Gasteiger partial charge in [0.1, 0.15) is 17.7 Å². The van der Waals surface area contributed by atoms with Gasteiger partial charge in [0.05, 0.1) is 5.69 Å². The van der Waals surface area contributed by atoms with Gasteiger partial charge in [-0.1, -0.05) is 23.7 Å². The van der Waals surface area contributed by atoms with Gasteiger partial charge in [0.15, 0.2) is 10.8 Å². The van der Waals surface area contributed by atoms with Crippen LogP contribution in [0.5, 0.6) is 0 Å². The molecule has 0 unspecified atom stereocenters. The van der Waals surface area contributed by atoms with Crippen molar-refractivity contribution in [3.05, 3.63) is 52.0 Å². The van der Waals surface area contributed by atoms with Crippen LogP contribution in [0.3, 0.4) is 0 Å².